The number of halogens is 1. The van der Waals surface area contributed by atoms with Crippen molar-refractivity contribution in [3.8, 4) is 0 Å². The van der Waals surface area contributed by atoms with E-state index in [4.69, 9.17) is 0 Å². The van der Waals surface area contributed by atoms with Crippen LogP contribution in [-0.4, -0.2) is 45.2 Å². The molecule has 0 bridgehead atoms. The van der Waals surface area contributed by atoms with Crippen molar-refractivity contribution >= 4 is 17.4 Å². The van der Waals surface area contributed by atoms with E-state index in [0.29, 0.717) is 12.2 Å². The molecule has 0 aliphatic carbocycles. The number of rotatable bonds is 5. The lowest BCUT2D eigenvalue weighted by Gasteiger charge is -2.26. The van der Waals surface area contributed by atoms with E-state index in [2.05, 4.69) is 45.7 Å². The number of benzene rings is 2. The molecule has 0 aromatic heterocycles. The van der Waals surface area contributed by atoms with Gasteiger partial charge in [0.1, 0.15) is 5.82 Å². The van der Waals surface area contributed by atoms with E-state index in [9.17, 15) is 9.18 Å². The molecule has 0 fully saturated rings. The molecule has 1 atom stereocenters. The van der Waals surface area contributed by atoms with E-state index in [-0.39, 0.29) is 17.9 Å². The van der Waals surface area contributed by atoms with Crippen LogP contribution in [0.2, 0.25) is 0 Å². The highest BCUT2D eigenvalue weighted by Gasteiger charge is 2.20. The Morgan fingerprint density at radius 1 is 1.23 bits per heavy atom. The molecule has 0 spiro atoms. The number of likely N-dealkylation sites (N-methyl/N-ethyl adjacent to an activating group) is 2. The van der Waals surface area contributed by atoms with Gasteiger partial charge in [0.15, 0.2) is 0 Å². The summed E-state index contributed by atoms with van der Waals surface area (Å²) in [6.45, 7) is 1.53. The second-order valence-corrected chi connectivity index (χ2v) is 6.88. The molecule has 1 heterocycles. The fourth-order valence-corrected chi connectivity index (χ4v) is 3.29. The van der Waals surface area contributed by atoms with Crippen molar-refractivity contribution in [2.75, 3.05) is 44.4 Å². The van der Waals surface area contributed by atoms with Gasteiger partial charge in [-0.25, -0.2) is 9.18 Å². The summed E-state index contributed by atoms with van der Waals surface area (Å²) in [6.07, 6.45) is 1.05. The first-order chi connectivity index (χ1) is 12.4. The molecule has 2 aromatic carbocycles. The zero-order chi connectivity index (χ0) is 18.7. The maximum atomic E-state index is 12.9. The molecule has 1 aliphatic rings. The van der Waals surface area contributed by atoms with Crippen LogP contribution in [0.4, 0.5) is 20.6 Å². The minimum atomic E-state index is -0.328. The van der Waals surface area contributed by atoms with Crippen LogP contribution in [0.3, 0.4) is 0 Å². The molecule has 2 N–H and O–H groups in total. The molecular weight excluding hydrogens is 331 g/mol. The minimum absolute atomic E-state index is 0.0742. The molecule has 3 rings (SSSR count). The number of amides is 2. The predicted molar refractivity (Wildman–Crippen MR) is 103 cm³/mol. The van der Waals surface area contributed by atoms with E-state index < -0.39 is 0 Å². The summed E-state index contributed by atoms with van der Waals surface area (Å²) < 4.78 is 12.9. The molecule has 26 heavy (non-hydrogen) atoms. The molecule has 1 aliphatic heterocycles. The van der Waals surface area contributed by atoms with Crippen LogP contribution in [0, 0.1) is 5.82 Å². The fourth-order valence-electron chi connectivity index (χ4n) is 3.29. The Morgan fingerprint density at radius 2 is 1.96 bits per heavy atom. The second-order valence-electron chi connectivity index (χ2n) is 6.88. The van der Waals surface area contributed by atoms with Gasteiger partial charge in [0.2, 0.25) is 0 Å². The molecule has 2 amide bonds. The summed E-state index contributed by atoms with van der Waals surface area (Å²) in [5, 5.41) is 5.63. The van der Waals surface area contributed by atoms with Crippen LogP contribution in [-0.2, 0) is 6.42 Å². The molecule has 0 saturated carbocycles. The quantitative estimate of drug-likeness (QED) is 0.865. The molecular formula is C20H25FN4O. The fraction of sp³-hybridized carbons (Fsp3) is 0.350. The zero-order valence-corrected chi connectivity index (χ0v) is 15.4. The van der Waals surface area contributed by atoms with E-state index in [1.165, 1.54) is 41.1 Å². The third-order valence-corrected chi connectivity index (χ3v) is 4.80. The molecule has 6 heteroatoms. The van der Waals surface area contributed by atoms with Crippen molar-refractivity contribution in [3.63, 3.8) is 0 Å². The van der Waals surface area contributed by atoms with Crippen LogP contribution in [0.25, 0.3) is 0 Å². The van der Waals surface area contributed by atoms with Crippen molar-refractivity contribution in [1.82, 2.24) is 10.2 Å². The van der Waals surface area contributed by atoms with Crippen molar-refractivity contribution in [3.05, 3.63) is 59.4 Å². The average molecular weight is 356 g/mol. The second kappa shape index (κ2) is 7.74. The SMILES string of the molecule is CN1CCc2cc([C@H](CNC(=O)Nc3ccc(F)cc3)N(C)C)ccc21. The Hall–Kier alpha value is -2.60. The number of nitrogens with one attached hydrogen (secondary N) is 2. The summed E-state index contributed by atoms with van der Waals surface area (Å²) in [5.41, 5.74) is 4.39. The van der Waals surface area contributed by atoms with Crippen molar-refractivity contribution in [2.24, 2.45) is 0 Å². The lowest BCUT2D eigenvalue weighted by molar-refractivity contribution is 0.243. The Morgan fingerprint density at radius 3 is 2.65 bits per heavy atom. The first-order valence-electron chi connectivity index (χ1n) is 8.75. The van der Waals surface area contributed by atoms with Gasteiger partial charge in [-0.05, 0) is 62.0 Å². The maximum absolute atomic E-state index is 12.9. The number of fused-ring (bicyclic) bond motifs is 1. The van der Waals surface area contributed by atoms with Gasteiger partial charge in [0.05, 0.1) is 6.04 Å². The molecule has 0 unspecified atom stereocenters. The van der Waals surface area contributed by atoms with E-state index >= 15 is 0 Å². The molecule has 2 aromatic rings. The van der Waals surface area contributed by atoms with Crippen LogP contribution < -0.4 is 15.5 Å². The van der Waals surface area contributed by atoms with Crippen molar-refractivity contribution < 1.29 is 9.18 Å². The van der Waals surface area contributed by atoms with Gasteiger partial charge in [0, 0.05) is 31.5 Å². The van der Waals surface area contributed by atoms with Gasteiger partial charge in [-0.1, -0.05) is 12.1 Å². The van der Waals surface area contributed by atoms with Gasteiger partial charge >= 0.3 is 6.03 Å². The number of nitrogens with zero attached hydrogens (tertiary/aromatic N) is 2. The number of carbonyl (C=O) groups excluding carboxylic acids is 1. The third kappa shape index (κ3) is 4.14. The maximum Gasteiger partial charge on any atom is 0.319 e. The highest BCUT2D eigenvalue weighted by atomic mass is 19.1. The van der Waals surface area contributed by atoms with Gasteiger partial charge in [-0.3, -0.25) is 0 Å². The van der Waals surface area contributed by atoms with Gasteiger partial charge < -0.3 is 20.4 Å². The normalized spacial score (nSPS) is 14.3. The number of hydrogen-bond acceptors (Lipinski definition) is 3. The first kappa shape index (κ1) is 18.2. The predicted octanol–water partition coefficient (Wildman–Crippen LogP) is 3.24. The minimum Gasteiger partial charge on any atom is -0.374 e. The van der Waals surface area contributed by atoms with Gasteiger partial charge in [0.25, 0.3) is 0 Å². The number of urea groups is 1. The monoisotopic (exact) mass is 356 g/mol. The summed E-state index contributed by atoms with van der Waals surface area (Å²) in [5.74, 6) is -0.328. The molecule has 0 radical (unpaired) electrons. The Labute approximate surface area is 153 Å². The number of hydrogen-bond donors (Lipinski definition) is 2. The smallest absolute Gasteiger partial charge is 0.319 e. The van der Waals surface area contributed by atoms with Crippen molar-refractivity contribution in [1.29, 1.82) is 0 Å². The Bertz CT molecular complexity index is 776. The molecule has 5 nitrogen and oxygen atoms in total. The molecule has 0 saturated heterocycles. The van der Waals surface area contributed by atoms with Crippen LogP contribution in [0.1, 0.15) is 17.2 Å². The lowest BCUT2D eigenvalue weighted by Crippen LogP contribution is -2.36. The van der Waals surface area contributed by atoms with Gasteiger partial charge in [-0.15, -0.1) is 0 Å². The first-order valence-corrected chi connectivity index (χ1v) is 8.75. The van der Waals surface area contributed by atoms with Crippen LogP contribution in [0.15, 0.2) is 42.5 Å². The summed E-state index contributed by atoms with van der Waals surface area (Å²) >= 11 is 0. The topological polar surface area (TPSA) is 47.6 Å². The van der Waals surface area contributed by atoms with E-state index in [1.807, 2.05) is 14.1 Å². The van der Waals surface area contributed by atoms with Gasteiger partial charge in [-0.2, -0.15) is 0 Å². The average Bonchev–Trinajstić information content (AvgIpc) is 2.97. The summed E-state index contributed by atoms with van der Waals surface area (Å²) in [4.78, 5) is 16.5. The van der Waals surface area contributed by atoms with Crippen LogP contribution >= 0.6 is 0 Å². The zero-order valence-electron chi connectivity index (χ0n) is 15.4. The highest BCUT2D eigenvalue weighted by molar-refractivity contribution is 5.89. The summed E-state index contributed by atoms with van der Waals surface area (Å²) in [7, 11) is 6.11. The van der Waals surface area contributed by atoms with Crippen LogP contribution in [0.5, 0.6) is 0 Å². The largest absolute Gasteiger partial charge is 0.374 e. The standard InChI is InChI=1S/C20H25FN4O/c1-24(2)19(14-4-9-18-15(12-14)10-11-25(18)3)13-22-20(26)23-17-7-5-16(21)6-8-17/h4-9,12,19H,10-11,13H2,1-3H3,(H2,22,23,26)/t19-/m0/s1. The lowest BCUT2D eigenvalue weighted by atomic mass is 10.0. The number of carbonyl (C=O) groups is 1. The Balaban J connectivity index is 1.64. The van der Waals surface area contributed by atoms with E-state index in [1.54, 1.807) is 0 Å². The highest BCUT2D eigenvalue weighted by Crippen LogP contribution is 2.30. The number of anilines is 2. The van der Waals surface area contributed by atoms with Crippen molar-refractivity contribution in [2.45, 2.75) is 12.5 Å². The Kier molecular flexibility index (Phi) is 5.42. The summed E-state index contributed by atoms with van der Waals surface area (Å²) in [6, 6.07) is 12.0. The molecule has 138 valence electrons. The van der Waals surface area contributed by atoms with E-state index in [0.717, 1.165) is 13.0 Å². The third-order valence-electron chi connectivity index (χ3n) is 4.80.